The minimum atomic E-state index is -3.66. The maximum atomic E-state index is 13.1. The van der Waals surface area contributed by atoms with Crippen LogP contribution in [0, 0.1) is 12.8 Å². The Hall–Kier alpha value is -2.38. The van der Waals surface area contributed by atoms with Crippen LogP contribution in [0.2, 0.25) is 0 Å². The predicted molar refractivity (Wildman–Crippen MR) is 118 cm³/mol. The molecule has 7 heteroatoms. The number of nitrogens with one attached hydrogen (secondary N) is 1. The number of nitrogens with zero attached hydrogens (tertiary/aromatic N) is 1. The number of ether oxygens (including phenoxy) is 1. The number of benzene rings is 2. The molecule has 1 amide bonds. The average molecular weight is 431 g/mol. The van der Waals surface area contributed by atoms with Crippen molar-refractivity contribution in [3.05, 3.63) is 53.6 Å². The summed E-state index contributed by atoms with van der Waals surface area (Å²) >= 11 is 0. The Morgan fingerprint density at radius 1 is 1.17 bits per heavy atom. The van der Waals surface area contributed by atoms with E-state index in [0.29, 0.717) is 31.7 Å². The molecule has 1 atom stereocenters. The molecule has 6 nitrogen and oxygen atoms in total. The van der Waals surface area contributed by atoms with Gasteiger partial charge in [0.05, 0.1) is 17.4 Å². The zero-order valence-corrected chi connectivity index (χ0v) is 18.7. The van der Waals surface area contributed by atoms with Crippen LogP contribution in [0.1, 0.15) is 37.8 Å². The van der Waals surface area contributed by atoms with E-state index in [0.717, 1.165) is 23.2 Å². The highest BCUT2D eigenvalue weighted by Crippen LogP contribution is 2.27. The highest BCUT2D eigenvalue weighted by molar-refractivity contribution is 7.89. The quantitative estimate of drug-likeness (QED) is 0.721. The second kappa shape index (κ2) is 9.62. The Morgan fingerprint density at radius 3 is 2.57 bits per heavy atom. The number of rotatable bonds is 7. The van der Waals surface area contributed by atoms with Crippen molar-refractivity contribution in [3.63, 3.8) is 0 Å². The third-order valence-corrected chi connectivity index (χ3v) is 7.39. The molecule has 30 heavy (non-hydrogen) atoms. The van der Waals surface area contributed by atoms with Crippen LogP contribution >= 0.6 is 0 Å². The number of hydrogen-bond donors (Lipinski definition) is 1. The Morgan fingerprint density at radius 2 is 1.90 bits per heavy atom. The third kappa shape index (κ3) is 4.84. The summed E-state index contributed by atoms with van der Waals surface area (Å²) in [6.07, 6.45) is 2.15. The van der Waals surface area contributed by atoms with E-state index in [1.165, 1.54) is 4.31 Å². The number of amides is 1. The summed E-state index contributed by atoms with van der Waals surface area (Å²) in [5, 5.41) is 3.06. The van der Waals surface area contributed by atoms with Gasteiger partial charge in [-0.15, -0.1) is 0 Å². The molecular formula is C23H30N2O4S. The lowest BCUT2D eigenvalue weighted by Gasteiger charge is -2.31. The SMILES string of the molecule is CCOc1ccc(S(=O)(=O)N2CCC[C@H](C(=O)Nc3c(C)cccc3CC)C2)cc1. The molecule has 1 aliphatic rings. The predicted octanol–water partition coefficient (Wildman–Crippen LogP) is 4.00. The first kappa shape index (κ1) is 22.3. The van der Waals surface area contributed by atoms with Crippen molar-refractivity contribution in [3.8, 4) is 5.75 Å². The Labute approximate surface area is 179 Å². The van der Waals surface area contributed by atoms with Gasteiger partial charge in [0, 0.05) is 18.8 Å². The van der Waals surface area contributed by atoms with Crippen molar-refractivity contribution in [2.75, 3.05) is 25.0 Å². The van der Waals surface area contributed by atoms with Crippen LogP contribution in [0.25, 0.3) is 0 Å². The maximum Gasteiger partial charge on any atom is 0.243 e. The van der Waals surface area contributed by atoms with Crippen LogP contribution in [0.15, 0.2) is 47.4 Å². The summed E-state index contributed by atoms with van der Waals surface area (Å²) in [4.78, 5) is 13.2. The third-order valence-electron chi connectivity index (χ3n) is 5.52. The van der Waals surface area contributed by atoms with Gasteiger partial charge in [-0.1, -0.05) is 25.1 Å². The van der Waals surface area contributed by atoms with Gasteiger partial charge in [-0.25, -0.2) is 8.42 Å². The molecule has 2 aromatic rings. The van der Waals surface area contributed by atoms with Gasteiger partial charge in [0.2, 0.25) is 15.9 Å². The van der Waals surface area contributed by atoms with E-state index in [4.69, 9.17) is 4.74 Å². The van der Waals surface area contributed by atoms with Gasteiger partial charge >= 0.3 is 0 Å². The molecule has 3 rings (SSSR count). The van der Waals surface area contributed by atoms with Crippen molar-refractivity contribution in [2.24, 2.45) is 5.92 Å². The first-order valence-corrected chi connectivity index (χ1v) is 11.9. The maximum absolute atomic E-state index is 13.1. The molecule has 0 aliphatic carbocycles. The van der Waals surface area contributed by atoms with E-state index in [-0.39, 0.29) is 23.3 Å². The Bertz CT molecular complexity index is 987. The number of anilines is 1. The number of carbonyl (C=O) groups excluding carboxylic acids is 1. The van der Waals surface area contributed by atoms with E-state index in [1.807, 2.05) is 32.0 Å². The lowest BCUT2D eigenvalue weighted by Crippen LogP contribution is -2.43. The first-order chi connectivity index (χ1) is 14.4. The molecule has 0 spiro atoms. The molecule has 0 saturated carbocycles. The first-order valence-electron chi connectivity index (χ1n) is 10.5. The lowest BCUT2D eigenvalue weighted by atomic mass is 9.98. The van der Waals surface area contributed by atoms with E-state index in [9.17, 15) is 13.2 Å². The zero-order valence-electron chi connectivity index (χ0n) is 17.8. The van der Waals surface area contributed by atoms with E-state index in [1.54, 1.807) is 24.3 Å². The van der Waals surface area contributed by atoms with Crippen molar-refractivity contribution in [1.29, 1.82) is 0 Å². The lowest BCUT2D eigenvalue weighted by molar-refractivity contribution is -0.120. The zero-order chi connectivity index (χ0) is 21.7. The van der Waals surface area contributed by atoms with E-state index < -0.39 is 10.0 Å². The molecule has 0 aromatic heterocycles. The molecule has 0 bridgehead atoms. The molecule has 1 aliphatic heterocycles. The van der Waals surface area contributed by atoms with Crippen LogP contribution in [0.4, 0.5) is 5.69 Å². The molecule has 1 fully saturated rings. The van der Waals surface area contributed by atoms with Gasteiger partial charge in [0.1, 0.15) is 5.75 Å². The summed E-state index contributed by atoms with van der Waals surface area (Å²) in [6.45, 7) is 7.03. The smallest absolute Gasteiger partial charge is 0.243 e. The number of para-hydroxylation sites is 1. The molecule has 162 valence electrons. The Kier molecular flexibility index (Phi) is 7.15. The number of carbonyl (C=O) groups is 1. The van der Waals surface area contributed by atoms with Crippen LogP contribution in [0.5, 0.6) is 5.75 Å². The topological polar surface area (TPSA) is 75.7 Å². The molecule has 1 N–H and O–H groups in total. The van der Waals surface area contributed by atoms with Gasteiger partial charge in [0.25, 0.3) is 0 Å². The van der Waals surface area contributed by atoms with Crippen LogP contribution in [-0.2, 0) is 21.2 Å². The largest absolute Gasteiger partial charge is 0.494 e. The number of piperidine rings is 1. The summed E-state index contributed by atoms with van der Waals surface area (Å²) in [6, 6.07) is 12.4. The van der Waals surface area contributed by atoms with Crippen LogP contribution < -0.4 is 10.1 Å². The van der Waals surface area contributed by atoms with Gasteiger partial charge in [-0.05, 0) is 68.5 Å². The molecule has 0 radical (unpaired) electrons. The van der Waals surface area contributed by atoms with Gasteiger partial charge in [-0.2, -0.15) is 4.31 Å². The summed E-state index contributed by atoms with van der Waals surface area (Å²) < 4.78 is 33.0. The van der Waals surface area contributed by atoms with E-state index >= 15 is 0 Å². The van der Waals surface area contributed by atoms with Gasteiger partial charge in [-0.3, -0.25) is 4.79 Å². The van der Waals surface area contributed by atoms with Crippen molar-refractivity contribution in [2.45, 2.75) is 44.9 Å². The normalized spacial score (nSPS) is 17.5. The molecular weight excluding hydrogens is 400 g/mol. The Balaban J connectivity index is 1.74. The summed E-state index contributed by atoms with van der Waals surface area (Å²) in [7, 11) is -3.66. The summed E-state index contributed by atoms with van der Waals surface area (Å²) in [5.74, 6) is 0.142. The van der Waals surface area contributed by atoms with Crippen molar-refractivity contribution >= 4 is 21.6 Å². The fourth-order valence-electron chi connectivity index (χ4n) is 3.83. The van der Waals surface area contributed by atoms with Gasteiger partial charge in [0.15, 0.2) is 0 Å². The molecule has 1 heterocycles. The monoisotopic (exact) mass is 430 g/mol. The van der Waals surface area contributed by atoms with Crippen LogP contribution in [-0.4, -0.2) is 38.3 Å². The highest BCUT2D eigenvalue weighted by atomic mass is 32.2. The van der Waals surface area contributed by atoms with Crippen molar-refractivity contribution in [1.82, 2.24) is 4.31 Å². The fraction of sp³-hybridized carbons (Fsp3) is 0.435. The molecule has 0 unspecified atom stereocenters. The second-order valence-corrected chi connectivity index (χ2v) is 9.50. The number of aryl methyl sites for hydroxylation is 2. The standard InChI is InChI=1S/C23H30N2O4S/c1-4-18-9-6-8-17(3)22(18)24-23(26)19-10-7-15-25(16-19)30(27,28)21-13-11-20(12-14-21)29-5-2/h6,8-9,11-14,19H,4-5,7,10,15-16H2,1-3H3,(H,24,26)/t19-/m0/s1. The second-order valence-electron chi connectivity index (χ2n) is 7.56. The number of sulfonamides is 1. The highest BCUT2D eigenvalue weighted by Gasteiger charge is 2.33. The molecule has 2 aromatic carbocycles. The minimum absolute atomic E-state index is 0.120. The van der Waals surface area contributed by atoms with Crippen molar-refractivity contribution < 1.29 is 17.9 Å². The fourth-order valence-corrected chi connectivity index (χ4v) is 5.35. The van der Waals surface area contributed by atoms with Crippen LogP contribution in [0.3, 0.4) is 0 Å². The molecule has 1 saturated heterocycles. The summed E-state index contributed by atoms with van der Waals surface area (Å²) in [5.41, 5.74) is 2.94. The van der Waals surface area contributed by atoms with Gasteiger partial charge < -0.3 is 10.1 Å². The van der Waals surface area contributed by atoms with E-state index in [2.05, 4.69) is 12.2 Å². The number of hydrogen-bond acceptors (Lipinski definition) is 4. The minimum Gasteiger partial charge on any atom is -0.494 e. The average Bonchev–Trinajstić information content (AvgIpc) is 2.76.